The van der Waals surface area contributed by atoms with Crippen LogP contribution in [0.15, 0.2) is 42.5 Å². The minimum Gasteiger partial charge on any atom is -0.492 e. The Bertz CT molecular complexity index is 820. The lowest BCUT2D eigenvalue weighted by Gasteiger charge is -2.28. The molecule has 1 heterocycles. The molecule has 2 aromatic rings. The number of benzene rings is 2. The highest BCUT2D eigenvalue weighted by molar-refractivity contribution is 6.01. The minimum atomic E-state index is -0.337. The maximum absolute atomic E-state index is 12.3. The summed E-state index contributed by atoms with van der Waals surface area (Å²) in [5, 5.41) is 5.66. The minimum absolute atomic E-state index is 0.144. The van der Waals surface area contributed by atoms with Crippen LogP contribution in [0.4, 0.5) is 21.9 Å². The van der Waals surface area contributed by atoms with E-state index in [2.05, 4.69) is 10.6 Å². The highest BCUT2D eigenvalue weighted by atomic mass is 16.5. The van der Waals surface area contributed by atoms with Crippen LogP contribution in [-0.4, -0.2) is 25.1 Å². The van der Waals surface area contributed by atoms with Crippen LogP contribution in [0.5, 0.6) is 5.75 Å². The second kappa shape index (κ2) is 7.91. The van der Waals surface area contributed by atoms with E-state index in [1.807, 2.05) is 50.2 Å². The summed E-state index contributed by atoms with van der Waals surface area (Å²) in [5.41, 5.74) is 3.31. The molecule has 0 spiro atoms. The quantitative estimate of drug-likeness (QED) is 0.852. The van der Waals surface area contributed by atoms with Crippen molar-refractivity contribution in [2.24, 2.45) is 0 Å². The predicted octanol–water partition coefficient (Wildman–Crippen LogP) is 4.03. The summed E-state index contributed by atoms with van der Waals surface area (Å²) in [5.74, 6) is 0.777. The van der Waals surface area contributed by atoms with Crippen LogP contribution in [0, 0.1) is 0 Å². The van der Waals surface area contributed by atoms with Gasteiger partial charge in [0.2, 0.25) is 5.91 Å². The molecule has 3 rings (SSSR count). The van der Waals surface area contributed by atoms with Crippen LogP contribution in [0.2, 0.25) is 0 Å². The molecule has 0 radical (unpaired) electrons. The molecule has 2 N–H and O–H groups in total. The Labute approximate surface area is 153 Å². The zero-order valence-electron chi connectivity index (χ0n) is 15.0. The first-order valence-corrected chi connectivity index (χ1v) is 8.85. The van der Waals surface area contributed by atoms with E-state index >= 15 is 0 Å². The van der Waals surface area contributed by atoms with Gasteiger partial charge in [-0.25, -0.2) is 4.79 Å². The Morgan fingerprint density at radius 2 is 1.92 bits per heavy atom. The summed E-state index contributed by atoms with van der Waals surface area (Å²) in [4.78, 5) is 26.1. The van der Waals surface area contributed by atoms with Gasteiger partial charge in [-0.1, -0.05) is 12.1 Å². The average Bonchev–Trinajstić information content (AvgIpc) is 2.63. The molecule has 136 valence electrons. The van der Waals surface area contributed by atoms with E-state index < -0.39 is 0 Å². The number of fused-ring (bicyclic) bond motifs is 1. The van der Waals surface area contributed by atoms with Gasteiger partial charge in [0.1, 0.15) is 5.75 Å². The van der Waals surface area contributed by atoms with Gasteiger partial charge in [-0.05, 0) is 56.2 Å². The number of aryl methyl sites for hydroxylation is 1. The van der Waals surface area contributed by atoms with Gasteiger partial charge < -0.3 is 20.3 Å². The van der Waals surface area contributed by atoms with Gasteiger partial charge in [-0.2, -0.15) is 0 Å². The standard InChI is InChI=1S/C20H23N3O3/c1-3-23-17-11-10-15(13-14(17)9-12-19(23)24)21-20(25)22-16-7-5-6-8-18(16)26-4-2/h5-8,10-11,13H,3-4,9,12H2,1-2H3,(H2,21,22,25). The molecule has 0 saturated carbocycles. The Kier molecular flexibility index (Phi) is 5.41. The fourth-order valence-electron chi connectivity index (χ4n) is 3.12. The van der Waals surface area contributed by atoms with E-state index in [1.54, 1.807) is 11.0 Å². The summed E-state index contributed by atoms with van der Waals surface area (Å²) in [6, 6.07) is 12.6. The van der Waals surface area contributed by atoms with Crippen molar-refractivity contribution < 1.29 is 14.3 Å². The molecule has 6 heteroatoms. The molecule has 0 bridgehead atoms. The van der Waals surface area contributed by atoms with Gasteiger partial charge in [-0.3, -0.25) is 4.79 Å². The topological polar surface area (TPSA) is 70.7 Å². The molecule has 0 aliphatic carbocycles. The van der Waals surface area contributed by atoms with E-state index in [1.165, 1.54) is 0 Å². The molecule has 3 amide bonds. The maximum Gasteiger partial charge on any atom is 0.323 e. The molecule has 6 nitrogen and oxygen atoms in total. The van der Waals surface area contributed by atoms with Gasteiger partial charge in [0.05, 0.1) is 12.3 Å². The normalized spacial score (nSPS) is 13.2. The van der Waals surface area contributed by atoms with Crippen molar-refractivity contribution in [3.8, 4) is 5.75 Å². The van der Waals surface area contributed by atoms with Crippen LogP contribution in [0.1, 0.15) is 25.8 Å². The molecule has 1 aliphatic rings. The van der Waals surface area contributed by atoms with Crippen molar-refractivity contribution in [1.82, 2.24) is 0 Å². The second-order valence-corrected chi connectivity index (χ2v) is 5.99. The molecule has 0 atom stereocenters. The summed E-state index contributed by atoms with van der Waals surface area (Å²) < 4.78 is 5.52. The molecule has 1 aliphatic heterocycles. The lowest BCUT2D eigenvalue weighted by atomic mass is 10.0. The third-order valence-corrected chi connectivity index (χ3v) is 4.29. The fourth-order valence-corrected chi connectivity index (χ4v) is 3.12. The maximum atomic E-state index is 12.3. The smallest absolute Gasteiger partial charge is 0.323 e. The van der Waals surface area contributed by atoms with Crippen molar-refractivity contribution in [2.45, 2.75) is 26.7 Å². The summed E-state index contributed by atoms with van der Waals surface area (Å²) >= 11 is 0. The van der Waals surface area contributed by atoms with Crippen LogP contribution < -0.4 is 20.3 Å². The zero-order chi connectivity index (χ0) is 18.5. The lowest BCUT2D eigenvalue weighted by molar-refractivity contribution is -0.118. The van der Waals surface area contributed by atoms with Crippen LogP contribution >= 0.6 is 0 Å². The van der Waals surface area contributed by atoms with Crippen LogP contribution in [0.3, 0.4) is 0 Å². The summed E-state index contributed by atoms with van der Waals surface area (Å²) in [7, 11) is 0. The van der Waals surface area contributed by atoms with Gasteiger partial charge in [-0.15, -0.1) is 0 Å². The van der Waals surface area contributed by atoms with Gasteiger partial charge in [0.15, 0.2) is 0 Å². The number of ether oxygens (including phenoxy) is 1. The Balaban J connectivity index is 1.72. The number of anilines is 3. The van der Waals surface area contributed by atoms with Gasteiger partial charge in [0, 0.05) is 24.3 Å². The first-order valence-electron chi connectivity index (χ1n) is 8.85. The number of carbonyl (C=O) groups is 2. The van der Waals surface area contributed by atoms with Crippen LogP contribution in [-0.2, 0) is 11.2 Å². The number of hydrogen-bond acceptors (Lipinski definition) is 3. The second-order valence-electron chi connectivity index (χ2n) is 5.99. The van der Waals surface area contributed by atoms with E-state index in [0.717, 1.165) is 11.3 Å². The van der Waals surface area contributed by atoms with Crippen molar-refractivity contribution in [3.05, 3.63) is 48.0 Å². The third kappa shape index (κ3) is 3.79. The number of carbonyl (C=O) groups excluding carboxylic acids is 2. The Hall–Kier alpha value is -3.02. The Morgan fingerprint density at radius 1 is 1.12 bits per heavy atom. The highest BCUT2D eigenvalue weighted by Crippen LogP contribution is 2.30. The fraction of sp³-hybridized carbons (Fsp3) is 0.300. The molecule has 0 unspecified atom stereocenters. The SMILES string of the molecule is CCOc1ccccc1NC(=O)Nc1ccc2c(c1)CCC(=O)N2CC. The average molecular weight is 353 g/mol. The largest absolute Gasteiger partial charge is 0.492 e. The van der Waals surface area contributed by atoms with Gasteiger partial charge >= 0.3 is 6.03 Å². The number of nitrogens with zero attached hydrogens (tertiary/aromatic N) is 1. The molecule has 0 aromatic heterocycles. The zero-order valence-corrected chi connectivity index (χ0v) is 15.0. The van der Waals surface area contributed by atoms with Crippen molar-refractivity contribution in [2.75, 3.05) is 28.7 Å². The highest BCUT2D eigenvalue weighted by Gasteiger charge is 2.23. The van der Waals surface area contributed by atoms with Crippen molar-refractivity contribution in [3.63, 3.8) is 0 Å². The number of nitrogens with one attached hydrogen (secondary N) is 2. The van der Waals surface area contributed by atoms with Crippen molar-refractivity contribution in [1.29, 1.82) is 0 Å². The summed E-state index contributed by atoms with van der Waals surface area (Å²) in [6.07, 6.45) is 1.19. The van der Waals surface area contributed by atoms with E-state index in [-0.39, 0.29) is 11.9 Å². The number of urea groups is 1. The first-order chi connectivity index (χ1) is 12.6. The summed E-state index contributed by atoms with van der Waals surface area (Å²) in [6.45, 7) is 5.03. The molecular weight excluding hydrogens is 330 g/mol. The van der Waals surface area contributed by atoms with E-state index in [4.69, 9.17) is 4.74 Å². The molecule has 26 heavy (non-hydrogen) atoms. The number of rotatable bonds is 5. The Morgan fingerprint density at radius 3 is 2.69 bits per heavy atom. The number of hydrogen-bond donors (Lipinski definition) is 2. The number of para-hydroxylation sites is 2. The molecule has 0 saturated heterocycles. The molecule has 2 aromatic carbocycles. The first kappa shape index (κ1) is 17.8. The molecule has 0 fully saturated rings. The number of amides is 3. The monoisotopic (exact) mass is 353 g/mol. The van der Waals surface area contributed by atoms with E-state index in [9.17, 15) is 9.59 Å². The van der Waals surface area contributed by atoms with E-state index in [0.29, 0.717) is 43.1 Å². The third-order valence-electron chi connectivity index (χ3n) is 4.29. The van der Waals surface area contributed by atoms with Crippen molar-refractivity contribution >= 4 is 29.0 Å². The molecular formula is C20H23N3O3. The van der Waals surface area contributed by atoms with Crippen LogP contribution in [0.25, 0.3) is 0 Å². The lowest BCUT2D eigenvalue weighted by Crippen LogP contribution is -2.34. The van der Waals surface area contributed by atoms with Gasteiger partial charge in [0.25, 0.3) is 0 Å². The predicted molar refractivity (Wildman–Crippen MR) is 103 cm³/mol.